The molecule has 1 heterocycles. The van der Waals surface area contributed by atoms with Crippen molar-refractivity contribution in [1.29, 1.82) is 0 Å². The van der Waals surface area contributed by atoms with E-state index >= 15 is 0 Å². The second-order valence-electron chi connectivity index (χ2n) is 0.845. The average Bonchev–Trinajstić information content (AvgIpc) is 1.72. The first-order chi connectivity index (χ1) is 3.00. The fraction of sp³-hybridized carbons (Fsp3) is 0.250. The van der Waals surface area contributed by atoms with Crippen molar-refractivity contribution >= 4 is 23.5 Å². The van der Waals surface area contributed by atoms with Gasteiger partial charge in [0.15, 0.2) is 0 Å². The van der Waals surface area contributed by atoms with Crippen molar-refractivity contribution in [3.8, 4) is 0 Å². The maximum atomic E-state index is 3.08. The monoisotopic (exact) mass is 116 g/mol. The summed E-state index contributed by atoms with van der Waals surface area (Å²) in [5.41, 5.74) is 0. The molecule has 2 heteroatoms. The minimum absolute atomic E-state index is 1.04. The minimum atomic E-state index is 1.04. The van der Waals surface area contributed by atoms with Crippen LogP contribution in [-0.2, 0) is 0 Å². The van der Waals surface area contributed by atoms with Crippen molar-refractivity contribution in [3.05, 3.63) is 16.6 Å². The summed E-state index contributed by atoms with van der Waals surface area (Å²) in [6.07, 6.45) is 0. The topological polar surface area (TPSA) is 0 Å². The number of thioether (sulfide) groups is 2. The molecule has 0 fully saturated rings. The molecule has 0 bridgehead atoms. The quantitative estimate of drug-likeness (QED) is 0.474. The van der Waals surface area contributed by atoms with Gasteiger partial charge in [-0.15, -0.1) is 23.5 Å². The summed E-state index contributed by atoms with van der Waals surface area (Å²) in [5.74, 6) is 4.12. The molecule has 0 aromatic heterocycles. The van der Waals surface area contributed by atoms with Crippen molar-refractivity contribution in [3.63, 3.8) is 0 Å². The normalized spacial score (nSPS) is 21.3. The molecule has 0 aromatic carbocycles. The molecule has 0 aromatic rings. The van der Waals surface area contributed by atoms with Gasteiger partial charge in [-0.3, -0.25) is 0 Å². The molecular formula is C4H4S2. The summed E-state index contributed by atoms with van der Waals surface area (Å²) in [4.78, 5) is 0. The molecule has 1 aliphatic heterocycles. The Labute approximate surface area is 46.4 Å². The Kier molecular flexibility index (Phi) is 1.98. The van der Waals surface area contributed by atoms with E-state index in [0.29, 0.717) is 0 Å². The Balaban J connectivity index is 2.26. The second kappa shape index (κ2) is 2.59. The van der Waals surface area contributed by atoms with Gasteiger partial charge in [0.25, 0.3) is 0 Å². The van der Waals surface area contributed by atoms with E-state index in [1.807, 2.05) is 5.41 Å². The van der Waals surface area contributed by atoms with E-state index in [-0.39, 0.29) is 0 Å². The number of hydrogen-bond acceptors (Lipinski definition) is 2. The van der Waals surface area contributed by atoms with Crippen molar-refractivity contribution in [1.82, 2.24) is 0 Å². The van der Waals surface area contributed by atoms with Gasteiger partial charge in [-0.25, -0.2) is 0 Å². The maximum Gasteiger partial charge on any atom is 0.0639 e. The summed E-state index contributed by atoms with van der Waals surface area (Å²) in [7, 11) is 0. The molecular weight excluding hydrogens is 112 g/mol. The SMILES string of the molecule is [C]1CSC=CS1. The first kappa shape index (κ1) is 4.60. The Morgan fingerprint density at radius 2 is 2.50 bits per heavy atom. The third-order valence-electron chi connectivity index (χ3n) is 0.445. The van der Waals surface area contributed by atoms with Gasteiger partial charge in [-0.05, 0) is 10.8 Å². The first-order valence-corrected chi connectivity index (χ1v) is 3.58. The summed E-state index contributed by atoms with van der Waals surface area (Å²) >= 11 is 3.43. The molecule has 0 atom stereocenters. The predicted molar refractivity (Wildman–Crippen MR) is 32.4 cm³/mol. The zero-order valence-corrected chi connectivity index (χ0v) is 4.81. The molecule has 0 saturated carbocycles. The van der Waals surface area contributed by atoms with Crippen LogP contribution < -0.4 is 0 Å². The molecule has 0 saturated heterocycles. The van der Waals surface area contributed by atoms with Crippen LogP contribution in [0, 0.1) is 5.75 Å². The van der Waals surface area contributed by atoms with E-state index in [4.69, 9.17) is 0 Å². The highest BCUT2D eigenvalue weighted by molar-refractivity contribution is 8.10. The molecule has 0 aliphatic carbocycles. The van der Waals surface area contributed by atoms with Gasteiger partial charge in [0.1, 0.15) is 0 Å². The van der Waals surface area contributed by atoms with Gasteiger partial charge >= 0.3 is 0 Å². The van der Waals surface area contributed by atoms with Crippen LogP contribution in [0.4, 0.5) is 0 Å². The molecule has 0 unspecified atom stereocenters. The van der Waals surface area contributed by atoms with Gasteiger partial charge < -0.3 is 0 Å². The molecule has 0 nitrogen and oxygen atoms in total. The second-order valence-corrected chi connectivity index (χ2v) is 2.54. The van der Waals surface area contributed by atoms with E-state index < -0.39 is 0 Å². The summed E-state index contributed by atoms with van der Waals surface area (Å²) in [6.45, 7) is 0. The first-order valence-electron chi connectivity index (χ1n) is 1.65. The lowest BCUT2D eigenvalue weighted by molar-refractivity contribution is 1.76. The lowest BCUT2D eigenvalue weighted by Crippen LogP contribution is -1.73. The Morgan fingerprint density at radius 1 is 1.50 bits per heavy atom. The molecule has 1 rings (SSSR count). The Hall–Kier alpha value is 0.440. The van der Waals surface area contributed by atoms with Gasteiger partial charge in [-0.2, -0.15) is 0 Å². The fourth-order valence-corrected chi connectivity index (χ4v) is 1.50. The van der Waals surface area contributed by atoms with Crippen LogP contribution in [0.2, 0.25) is 0 Å². The van der Waals surface area contributed by atoms with Crippen LogP contribution in [0.5, 0.6) is 0 Å². The fourth-order valence-electron chi connectivity index (χ4n) is 0.231. The lowest BCUT2D eigenvalue weighted by Gasteiger charge is -1.95. The van der Waals surface area contributed by atoms with Gasteiger partial charge in [0.2, 0.25) is 0 Å². The van der Waals surface area contributed by atoms with Crippen LogP contribution >= 0.6 is 23.5 Å². The van der Waals surface area contributed by atoms with Crippen molar-refractivity contribution in [2.45, 2.75) is 0 Å². The molecule has 0 N–H and O–H groups in total. The highest BCUT2D eigenvalue weighted by Gasteiger charge is 1.89. The minimum Gasteiger partial charge on any atom is -0.132 e. The third-order valence-corrected chi connectivity index (χ3v) is 2.02. The van der Waals surface area contributed by atoms with Gasteiger partial charge in [-0.1, -0.05) is 0 Å². The predicted octanol–water partition coefficient (Wildman–Crippen LogP) is 1.98. The molecule has 32 valence electrons. The zero-order valence-electron chi connectivity index (χ0n) is 3.18. The summed E-state index contributed by atoms with van der Waals surface area (Å²) in [6, 6.07) is 0. The molecule has 2 radical (unpaired) electrons. The van der Waals surface area contributed by atoms with Crippen LogP contribution in [0.3, 0.4) is 0 Å². The maximum absolute atomic E-state index is 3.08. The highest BCUT2D eigenvalue weighted by atomic mass is 32.2. The van der Waals surface area contributed by atoms with Gasteiger partial charge in [0.05, 0.1) is 5.75 Å². The van der Waals surface area contributed by atoms with E-state index in [1.54, 1.807) is 23.5 Å². The van der Waals surface area contributed by atoms with Crippen LogP contribution in [0.1, 0.15) is 0 Å². The third kappa shape index (κ3) is 1.27. The largest absolute Gasteiger partial charge is 0.132 e. The lowest BCUT2D eigenvalue weighted by atomic mass is 11.0. The van der Waals surface area contributed by atoms with Crippen molar-refractivity contribution in [2.75, 3.05) is 5.75 Å². The number of rotatable bonds is 0. The average molecular weight is 116 g/mol. The van der Waals surface area contributed by atoms with E-state index in [2.05, 4.69) is 11.2 Å². The summed E-state index contributed by atoms with van der Waals surface area (Å²) in [5, 5.41) is 4.12. The smallest absolute Gasteiger partial charge is 0.0639 e. The zero-order chi connectivity index (χ0) is 4.24. The van der Waals surface area contributed by atoms with E-state index in [9.17, 15) is 0 Å². The van der Waals surface area contributed by atoms with Crippen LogP contribution in [-0.4, -0.2) is 5.75 Å². The Bertz CT molecular complexity index is 50.6. The molecule has 1 aliphatic rings. The standard InChI is InChI=1S/C4H4S2/c1-2-6-4-3-5-1/h1-2H,3H2. The Morgan fingerprint density at radius 3 is 2.67 bits per heavy atom. The van der Waals surface area contributed by atoms with E-state index in [0.717, 1.165) is 5.75 Å². The van der Waals surface area contributed by atoms with Crippen molar-refractivity contribution < 1.29 is 0 Å². The van der Waals surface area contributed by atoms with Crippen molar-refractivity contribution in [2.24, 2.45) is 0 Å². The molecule has 0 amide bonds. The van der Waals surface area contributed by atoms with Gasteiger partial charge in [0, 0.05) is 5.75 Å². The molecule has 0 spiro atoms. The summed E-state index contributed by atoms with van der Waals surface area (Å²) < 4.78 is 0. The van der Waals surface area contributed by atoms with Crippen LogP contribution in [0.25, 0.3) is 0 Å². The van der Waals surface area contributed by atoms with Crippen LogP contribution in [0.15, 0.2) is 10.8 Å². The van der Waals surface area contributed by atoms with E-state index in [1.165, 1.54) is 0 Å². The number of hydrogen-bond donors (Lipinski definition) is 0. The molecule has 6 heavy (non-hydrogen) atoms. The highest BCUT2D eigenvalue weighted by Crippen LogP contribution is 2.20.